The third-order valence-electron chi connectivity index (χ3n) is 5.25. The number of benzene rings is 2. The topological polar surface area (TPSA) is 86.8 Å². The summed E-state index contributed by atoms with van der Waals surface area (Å²) in [7, 11) is -3.89. The van der Waals surface area contributed by atoms with Gasteiger partial charge in [0.15, 0.2) is 0 Å². The summed E-state index contributed by atoms with van der Waals surface area (Å²) in [5.41, 5.74) is 1.95. The summed E-state index contributed by atoms with van der Waals surface area (Å²) in [4.78, 5) is 27.9. The minimum Gasteiger partial charge on any atom is -0.354 e. The molecule has 0 fully saturated rings. The fraction of sp³-hybridized carbons (Fsp3) is 0.417. The molecule has 0 unspecified atom stereocenters. The summed E-state index contributed by atoms with van der Waals surface area (Å²) in [5.74, 6) is -0.807. The van der Waals surface area contributed by atoms with Crippen molar-refractivity contribution in [2.75, 3.05) is 23.7 Å². The number of amides is 2. The first-order chi connectivity index (χ1) is 16.0. The zero-order chi connectivity index (χ0) is 25.5. The van der Waals surface area contributed by atoms with Gasteiger partial charge in [-0.2, -0.15) is 0 Å². The maximum Gasteiger partial charge on any atom is 0.244 e. The van der Waals surface area contributed by atoms with Crippen molar-refractivity contribution in [2.45, 2.75) is 46.2 Å². The Labute approximate surface area is 212 Å². The first-order valence-electron chi connectivity index (χ1n) is 11.0. The highest BCUT2D eigenvalue weighted by molar-refractivity contribution is 7.92. The van der Waals surface area contributed by atoms with Crippen LogP contribution >= 0.6 is 23.2 Å². The van der Waals surface area contributed by atoms with Gasteiger partial charge in [0.05, 0.1) is 22.0 Å². The van der Waals surface area contributed by atoms with E-state index in [0.29, 0.717) is 13.0 Å². The van der Waals surface area contributed by atoms with Gasteiger partial charge in [-0.3, -0.25) is 13.9 Å². The predicted molar refractivity (Wildman–Crippen MR) is 138 cm³/mol. The number of carbonyl (C=O) groups excluding carboxylic acids is 2. The molecule has 0 heterocycles. The van der Waals surface area contributed by atoms with E-state index in [2.05, 4.69) is 5.32 Å². The number of nitrogens with one attached hydrogen (secondary N) is 1. The Morgan fingerprint density at radius 3 is 2.35 bits per heavy atom. The molecule has 0 aliphatic rings. The van der Waals surface area contributed by atoms with Crippen molar-refractivity contribution in [2.24, 2.45) is 0 Å². The van der Waals surface area contributed by atoms with Gasteiger partial charge >= 0.3 is 0 Å². The molecule has 0 radical (unpaired) electrons. The summed E-state index contributed by atoms with van der Waals surface area (Å²) in [5, 5.41) is 3.04. The second kappa shape index (κ2) is 12.4. The molecule has 10 heteroatoms. The molecule has 0 saturated heterocycles. The van der Waals surface area contributed by atoms with Crippen LogP contribution in [0.15, 0.2) is 42.5 Å². The van der Waals surface area contributed by atoms with Crippen LogP contribution in [0.4, 0.5) is 5.69 Å². The van der Waals surface area contributed by atoms with Gasteiger partial charge in [-0.25, -0.2) is 8.42 Å². The second-order valence-corrected chi connectivity index (χ2v) is 10.8. The lowest BCUT2D eigenvalue weighted by molar-refractivity contribution is -0.140. The SMILES string of the molecule is CCCNC(=O)[C@H](CC)N(Cc1cccc(C)c1)C(=O)CN(c1cccc(Cl)c1Cl)S(C)(=O)=O. The van der Waals surface area contributed by atoms with Gasteiger partial charge in [-0.1, -0.05) is 72.9 Å². The molecule has 1 N–H and O–H groups in total. The van der Waals surface area contributed by atoms with E-state index in [1.165, 1.54) is 17.0 Å². The van der Waals surface area contributed by atoms with Crippen molar-refractivity contribution in [1.82, 2.24) is 10.2 Å². The van der Waals surface area contributed by atoms with Crippen molar-refractivity contribution >= 4 is 50.7 Å². The fourth-order valence-electron chi connectivity index (χ4n) is 3.57. The van der Waals surface area contributed by atoms with Gasteiger partial charge in [-0.05, 0) is 37.5 Å². The van der Waals surface area contributed by atoms with Crippen molar-refractivity contribution in [3.05, 3.63) is 63.6 Å². The second-order valence-electron chi connectivity index (χ2n) is 8.07. The average Bonchev–Trinajstić information content (AvgIpc) is 2.77. The summed E-state index contributed by atoms with van der Waals surface area (Å²) in [6, 6.07) is 11.4. The molecule has 186 valence electrons. The Morgan fingerprint density at radius 1 is 1.09 bits per heavy atom. The lowest BCUT2D eigenvalue weighted by Crippen LogP contribution is -2.52. The zero-order valence-corrected chi connectivity index (χ0v) is 22.2. The molecule has 0 spiro atoms. The third-order valence-corrected chi connectivity index (χ3v) is 7.19. The molecule has 7 nitrogen and oxygen atoms in total. The molecule has 2 amide bonds. The van der Waals surface area contributed by atoms with Gasteiger partial charge in [0.2, 0.25) is 21.8 Å². The van der Waals surface area contributed by atoms with E-state index in [4.69, 9.17) is 23.2 Å². The summed E-state index contributed by atoms with van der Waals surface area (Å²) in [6.45, 7) is 5.80. The largest absolute Gasteiger partial charge is 0.354 e. The van der Waals surface area contributed by atoms with Crippen molar-refractivity contribution in [3.8, 4) is 0 Å². The molecule has 0 saturated carbocycles. The van der Waals surface area contributed by atoms with Crippen LogP contribution in [0.2, 0.25) is 10.0 Å². The lowest BCUT2D eigenvalue weighted by Gasteiger charge is -2.33. The van der Waals surface area contributed by atoms with Crippen molar-refractivity contribution in [3.63, 3.8) is 0 Å². The van der Waals surface area contributed by atoms with E-state index < -0.39 is 28.5 Å². The molecule has 1 atom stereocenters. The molecule has 2 aromatic rings. The number of hydrogen-bond donors (Lipinski definition) is 1. The van der Waals surface area contributed by atoms with E-state index in [1.807, 2.05) is 45.0 Å². The van der Waals surface area contributed by atoms with Gasteiger partial charge in [0.25, 0.3) is 0 Å². The molecule has 0 bridgehead atoms. The van der Waals surface area contributed by atoms with E-state index in [1.54, 1.807) is 6.07 Å². The summed E-state index contributed by atoms with van der Waals surface area (Å²) >= 11 is 12.4. The minimum absolute atomic E-state index is 0.0281. The number of nitrogens with zero attached hydrogens (tertiary/aromatic N) is 2. The molecule has 0 aliphatic heterocycles. The van der Waals surface area contributed by atoms with Gasteiger partial charge in [-0.15, -0.1) is 0 Å². The monoisotopic (exact) mass is 527 g/mol. The highest BCUT2D eigenvalue weighted by atomic mass is 35.5. The van der Waals surface area contributed by atoms with Crippen molar-refractivity contribution < 1.29 is 18.0 Å². The lowest BCUT2D eigenvalue weighted by atomic mass is 10.1. The maximum atomic E-state index is 13.6. The predicted octanol–water partition coefficient (Wildman–Crippen LogP) is 4.40. The van der Waals surface area contributed by atoms with E-state index in [0.717, 1.165) is 28.1 Å². The number of hydrogen-bond acceptors (Lipinski definition) is 4. The first kappa shape index (κ1) is 28.0. The highest BCUT2D eigenvalue weighted by Crippen LogP contribution is 2.33. The maximum absolute atomic E-state index is 13.6. The zero-order valence-electron chi connectivity index (χ0n) is 19.8. The fourth-order valence-corrected chi connectivity index (χ4v) is 4.87. The van der Waals surface area contributed by atoms with Crippen LogP contribution < -0.4 is 9.62 Å². The van der Waals surface area contributed by atoms with Crippen molar-refractivity contribution in [1.29, 1.82) is 0 Å². The average molecular weight is 529 g/mol. The molecular weight excluding hydrogens is 497 g/mol. The summed E-state index contributed by atoms with van der Waals surface area (Å²) < 4.78 is 26.2. The Morgan fingerprint density at radius 2 is 1.76 bits per heavy atom. The Hall–Kier alpha value is -2.29. The third kappa shape index (κ3) is 7.35. The Kier molecular flexibility index (Phi) is 10.2. The van der Waals surface area contributed by atoms with Crippen LogP contribution in [0, 0.1) is 6.92 Å². The molecular formula is C24H31Cl2N3O4S. The highest BCUT2D eigenvalue weighted by Gasteiger charge is 2.32. The molecule has 0 aromatic heterocycles. The number of carbonyl (C=O) groups is 2. The van der Waals surface area contributed by atoms with E-state index >= 15 is 0 Å². The van der Waals surface area contributed by atoms with Gasteiger partial charge in [0.1, 0.15) is 12.6 Å². The normalized spacial score (nSPS) is 12.2. The quantitative estimate of drug-likeness (QED) is 0.469. The van der Waals surface area contributed by atoms with Crippen LogP contribution in [-0.2, 0) is 26.2 Å². The number of aryl methyl sites for hydroxylation is 1. The van der Waals surface area contributed by atoms with E-state index in [-0.39, 0.29) is 28.2 Å². The summed E-state index contributed by atoms with van der Waals surface area (Å²) in [6.07, 6.45) is 2.11. The Bertz CT molecular complexity index is 1120. The van der Waals surface area contributed by atoms with Crippen LogP contribution in [0.25, 0.3) is 0 Å². The minimum atomic E-state index is -3.89. The standard InChI is InChI=1S/C24H31Cl2N3O4S/c1-5-13-27-24(31)20(6-2)28(15-18-10-7-9-17(3)14-18)22(30)16-29(34(4,32)33)21-12-8-11-19(25)23(21)26/h7-12,14,20H,5-6,13,15-16H2,1-4H3,(H,27,31)/t20-/m0/s1. The molecule has 2 aromatic carbocycles. The van der Waals surface area contributed by atoms with Crippen LogP contribution in [0.1, 0.15) is 37.8 Å². The van der Waals surface area contributed by atoms with Gasteiger partial charge < -0.3 is 10.2 Å². The van der Waals surface area contributed by atoms with Gasteiger partial charge in [0, 0.05) is 13.1 Å². The number of anilines is 1. The number of halogens is 2. The van der Waals surface area contributed by atoms with Crippen LogP contribution in [0.3, 0.4) is 0 Å². The molecule has 2 rings (SSSR count). The number of sulfonamides is 1. The number of rotatable bonds is 11. The van der Waals surface area contributed by atoms with E-state index in [9.17, 15) is 18.0 Å². The smallest absolute Gasteiger partial charge is 0.244 e. The molecule has 34 heavy (non-hydrogen) atoms. The Balaban J connectivity index is 2.47. The van der Waals surface area contributed by atoms with Crippen LogP contribution in [-0.4, -0.2) is 50.5 Å². The van der Waals surface area contributed by atoms with Crippen LogP contribution in [0.5, 0.6) is 0 Å². The molecule has 0 aliphatic carbocycles. The first-order valence-corrected chi connectivity index (χ1v) is 13.6.